The molecule has 1 rings (SSSR count). The molecule has 5 heteroatoms. The van der Waals surface area contributed by atoms with Crippen LogP contribution in [0.5, 0.6) is 0 Å². The van der Waals surface area contributed by atoms with Crippen LogP contribution in [0, 0.1) is 0 Å². The van der Waals surface area contributed by atoms with Crippen molar-refractivity contribution in [2.75, 3.05) is 13.6 Å². The summed E-state index contributed by atoms with van der Waals surface area (Å²) in [6.07, 6.45) is 3.31. The summed E-state index contributed by atoms with van der Waals surface area (Å²) in [7, 11) is 1.64. The number of hydrogen-bond donors (Lipinski definition) is 0. The molecule has 0 aliphatic rings. The van der Waals surface area contributed by atoms with Crippen molar-refractivity contribution < 1.29 is 9.59 Å². The smallest absolute Gasteiger partial charge is 0.274 e. The molecule has 1 aromatic rings. The van der Waals surface area contributed by atoms with Crippen molar-refractivity contribution in [3.05, 3.63) is 23.8 Å². The lowest BCUT2D eigenvalue weighted by Gasteiger charge is -2.13. The van der Waals surface area contributed by atoms with Gasteiger partial charge >= 0.3 is 0 Å². The lowest BCUT2D eigenvalue weighted by atomic mass is 10.3. The molecule has 0 unspecified atom stereocenters. The number of aldehydes is 1. The van der Waals surface area contributed by atoms with Crippen molar-refractivity contribution >= 4 is 12.2 Å². The lowest BCUT2D eigenvalue weighted by Crippen LogP contribution is -2.28. The minimum atomic E-state index is -0.289. The summed E-state index contributed by atoms with van der Waals surface area (Å²) in [5, 5.41) is 0. The standard InChI is InChI=1S/C9H11N3O2.C2H6/c1-3-12(2)9(14)8-7(6-13)10-4-5-11-8;1-2/h4-6H,3H2,1-2H3;1-2H3. The van der Waals surface area contributed by atoms with Gasteiger partial charge in [0.1, 0.15) is 5.69 Å². The number of carbonyl (C=O) groups excluding carboxylic acids is 2. The average molecular weight is 223 g/mol. The molecule has 5 nitrogen and oxygen atoms in total. The predicted molar refractivity (Wildman–Crippen MR) is 61.4 cm³/mol. The van der Waals surface area contributed by atoms with Crippen molar-refractivity contribution in [2.24, 2.45) is 0 Å². The Kier molecular flexibility index (Phi) is 6.67. The number of amides is 1. The Balaban J connectivity index is 0.00000106. The predicted octanol–water partition coefficient (Wildman–Crippen LogP) is 1.41. The van der Waals surface area contributed by atoms with Crippen molar-refractivity contribution in [2.45, 2.75) is 20.8 Å². The first-order chi connectivity index (χ1) is 7.70. The molecular formula is C11H17N3O2. The van der Waals surface area contributed by atoms with Gasteiger partial charge in [-0.3, -0.25) is 9.59 Å². The van der Waals surface area contributed by atoms with Crippen molar-refractivity contribution in [1.82, 2.24) is 14.9 Å². The van der Waals surface area contributed by atoms with Crippen LogP contribution in [0.15, 0.2) is 12.4 Å². The maximum absolute atomic E-state index is 11.6. The van der Waals surface area contributed by atoms with Crippen molar-refractivity contribution in [3.8, 4) is 0 Å². The Morgan fingerprint density at radius 3 is 2.44 bits per heavy atom. The topological polar surface area (TPSA) is 63.2 Å². The average Bonchev–Trinajstić information content (AvgIpc) is 2.39. The summed E-state index contributed by atoms with van der Waals surface area (Å²) < 4.78 is 0. The molecule has 0 fully saturated rings. The summed E-state index contributed by atoms with van der Waals surface area (Å²) in [6, 6.07) is 0. The van der Waals surface area contributed by atoms with E-state index in [-0.39, 0.29) is 17.3 Å². The second-order valence-electron chi connectivity index (χ2n) is 2.73. The van der Waals surface area contributed by atoms with Gasteiger partial charge in [-0.05, 0) is 6.92 Å². The van der Waals surface area contributed by atoms with E-state index in [4.69, 9.17) is 0 Å². The van der Waals surface area contributed by atoms with Gasteiger partial charge in [-0.1, -0.05) is 13.8 Å². The largest absolute Gasteiger partial charge is 0.341 e. The Morgan fingerprint density at radius 2 is 1.94 bits per heavy atom. The van der Waals surface area contributed by atoms with Crippen LogP contribution in [0.1, 0.15) is 41.7 Å². The third-order valence-electron chi connectivity index (χ3n) is 1.86. The number of carbonyl (C=O) groups is 2. The van der Waals surface area contributed by atoms with Crippen LogP contribution in [-0.2, 0) is 0 Å². The van der Waals surface area contributed by atoms with E-state index in [0.717, 1.165) is 0 Å². The molecule has 0 atom stereocenters. The van der Waals surface area contributed by atoms with Crippen molar-refractivity contribution in [3.63, 3.8) is 0 Å². The summed E-state index contributed by atoms with van der Waals surface area (Å²) in [6.45, 7) is 6.41. The maximum Gasteiger partial charge on any atom is 0.274 e. The molecule has 1 amide bonds. The number of nitrogens with zero attached hydrogens (tertiary/aromatic N) is 3. The fraction of sp³-hybridized carbons (Fsp3) is 0.455. The minimum absolute atomic E-state index is 0.0813. The molecule has 0 aliphatic heterocycles. The molecule has 0 N–H and O–H groups in total. The normalized spacial score (nSPS) is 8.75. The van der Waals surface area contributed by atoms with Gasteiger partial charge in [0.15, 0.2) is 12.0 Å². The molecule has 0 saturated carbocycles. The van der Waals surface area contributed by atoms with Gasteiger partial charge in [-0.15, -0.1) is 0 Å². The fourth-order valence-corrected chi connectivity index (χ4v) is 0.924. The van der Waals surface area contributed by atoms with Crippen LogP contribution < -0.4 is 0 Å². The zero-order valence-electron chi connectivity index (χ0n) is 10.1. The molecule has 0 aromatic carbocycles. The van der Waals surface area contributed by atoms with Crippen LogP contribution in [0.25, 0.3) is 0 Å². The van der Waals surface area contributed by atoms with E-state index in [1.165, 1.54) is 17.3 Å². The Bertz CT molecular complexity index is 353. The lowest BCUT2D eigenvalue weighted by molar-refractivity contribution is 0.0792. The molecule has 0 bridgehead atoms. The highest BCUT2D eigenvalue weighted by Crippen LogP contribution is 2.02. The van der Waals surface area contributed by atoms with Crippen LogP contribution in [0.4, 0.5) is 0 Å². The Labute approximate surface area is 95.5 Å². The first-order valence-electron chi connectivity index (χ1n) is 5.22. The van der Waals surface area contributed by atoms with Crippen molar-refractivity contribution in [1.29, 1.82) is 0 Å². The van der Waals surface area contributed by atoms with E-state index in [9.17, 15) is 9.59 Å². The van der Waals surface area contributed by atoms with E-state index in [1.807, 2.05) is 20.8 Å². The molecule has 16 heavy (non-hydrogen) atoms. The van der Waals surface area contributed by atoms with Gasteiger partial charge in [-0.25, -0.2) is 9.97 Å². The van der Waals surface area contributed by atoms with E-state index in [1.54, 1.807) is 7.05 Å². The SMILES string of the molecule is CC.CCN(C)C(=O)c1nccnc1C=O. The summed E-state index contributed by atoms with van der Waals surface area (Å²) in [5.41, 5.74) is 0.185. The Morgan fingerprint density at radius 1 is 1.38 bits per heavy atom. The molecule has 0 saturated heterocycles. The number of aromatic nitrogens is 2. The third-order valence-corrected chi connectivity index (χ3v) is 1.86. The zero-order chi connectivity index (χ0) is 12.6. The molecule has 0 radical (unpaired) electrons. The van der Waals surface area contributed by atoms with E-state index < -0.39 is 0 Å². The zero-order valence-corrected chi connectivity index (χ0v) is 10.1. The van der Waals surface area contributed by atoms with Gasteiger partial charge in [0.05, 0.1) is 0 Å². The third kappa shape index (κ3) is 3.42. The second kappa shape index (κ2) is 7.50. The van der Waals surface area contributed by atoms with Gasteiger partial charge in [0.2, 0.25) is 0 Å². The second-order valence-corrected chi connectivity index (χ2v) is 2.73. The first-order valence-corrected chi connectivity index (χ1v) is 5.22. The monoisotopic (exact) mass is 223 g/mol. The molecule has 0 spiro atoms. The molecule has 88 valence electrons. The van der Waals surface area contributed by atoms with Gasteiger partial charge in [-0.2, -0.15) is 0 Å². The maximum atomic E-state index is 11.6. The summed E-state index contributed by atoms with van der Waals surface area (Å²) in [4.78, 5) is 31.2. The number of rotatable bonds is 3. The molecular weight excluding hydrogens is 206 g/mol. The summed E-state index contributed by atoms with van der Waals surface area (Å²) >= 11 is 0. The van der Waals surface area contributed by atoms with Gasteiger partial charge in [0.25, 0.3) is 5.91 Å². The van der Waals surface area contributed by atoms with Crippen LogP contribution in [0.2, 0.25) is 0 Å². The molecule has 1 aromatic heterocycles. The molecule has 0 aliphatic carbocycles. The van der Waals surface area contributed by atoms with E-state index in [0.29, 0.717) is 12.8 Å². The van der Waals surface area contributed by atoms with E-state index in [2.05, 4.69) is 9.97 Å². The highest BCUT2D eigenvalue weighted by Gasteiger charge is 2.16. The number of hydrogen-bond acceptors (Lipinski definition) is 4. The Hall–Kier alpha value is -1.78. The highest BCUT2D eigenvalue weighted by atomic mass is 16.2. The quantitative estimate of drug-likeness (QED) is 0.727. The van der Waals surface area contributed by atoms with Gasteiger partial charge < -0.3 is 4.90 Å². The van der Waals surface area contributed by atoms with Gasteiger partial charge in [0, 0.05) is 26.0 Å². The minimum Gasteiger partial charge on any atom is -0.341 e. The fourth-order valence-electron chi connectivity index (χ4n) is 0.924. The first kappa shape index (κ1) is 14.2. The van der Waals surface area contributed by atoms with Crippen LogP contribution in [-0.4, -0.2) is 40.7 Å². The summed E-state index contributed by atoms with van der Waals surface area (Å²) in [5.74, 6) is -0.289. The van der Waals surface area contributed by atoms with Crippen LogP contribution >= 0.6 is 0 Å². The van der Waals surface area contributed by atoms with Crippen LogP contribution in [0.3, 0.4) is 0 Å². The van der Waals surface area contributed by atoms with E-state index >= 15 is 0 Å². The highest BCUT2D eigenvalue weighted by molar-refractivity contribution is 5.98. The molecule has 1 heterocycles.